The number of ether oxygens (including phenoxy) is 1. The number of amides is 1. The number of piperidine rings is 1. The fraction of sp³-hybridized carbons (Fsp3) is 0.833. The van der Waals surface area contributed by atoms with Crippen molar-refractivity contribution in [2.24, 2.45) is 5.92 Å². The molecule has 0 aromatic carbocycles. The molecule has 0 spiro atoms. The Kier molecular flexibility index (Phi) is 5.13. The van der Waals surface area contributed by atoms with Gasteiger partial charge in [-0.25, -0.2) is 4.79 Å². The van der Waals surface area contributed by atoms with Gasteiger partial charge < -0.3 is 18.9 Å². The summed E-state index contributed by atoms with van der Waals surface area (Å²) in [5, 5.41) is 0. The molecule has 2 rings (SSSR count). The monoisotopic (exact) mass is 337 g/mol. The van der Waals surface area contributed by atoms with Gasteiger partial charge >= 0.3 is 13.2 Å². The van der Waals surface area contributed by atoms with E-state index in [9.17, 15) is 4.79 Å². The van der Waals surface area contributed by atoms with E-state index in [1.54, 1.807) is 4.90 Å². The molecule has 0 radical (unpaired) electrons. The minimum atomic E-state index is -0.459. The number of rotatable bonds is 1. The summed E-state index contributed by atoms with van der Waals surface area (Å²) in [6.07, 6.45) is 0.592. The number of hydrogen-bond acceptors (Lipinski definition) is 4. The minimum absolute atomic E-state index is 0.232. The third-order valence-corrected chi connectivity index (χ3v) is 5.07. The second kappa shape index (κ2) is 6.38. The zero-order chi connectivity index (χ0) is 18.3. The van der Waals surface area contributed by atoms with Gasteiger partial charge in [0.1, 0.15) is 5.60 Å². The molecule has 136 valence electrons. The molecule has 0 saturated carbocycles. The molecule has 2 saturated heterocycles. The average Bonchev–Trinajstić information content (AvgIpc) is 2.57. The van der Waals surface area contributed by atoms with Crippen LogP contribution in [0.2, 0.25) is 0 Å². The van der Waals surface area contributed by atoms with E-state index in [-0.39, 0.29) is 30.3 Å². The van der Waals surface area contributed by atoms with E-state index in [0.717, 1.165) is 6.42 Å². The molecule has 1 amide bonds. The first kappa shape index (κ1) is 19.3. The molecule has 0 N–H and O–H groups in total. The Bertz CT molecular complexity index is 506. The number of carbonyl (C=O) groups is 1. The van der Waals surface area contributed by atoms with Crippen LogP contribution in [-0.4, -0.2) is 48.0 Å². The molecule has 24 heavy (non-hydrogen) atoms. The summed E-state index contributed by atoms with van der Waals surface area (Å²) in [7, 11) is -0.319. The van der Waals surface area contributed by atoms with E-state index in [0.29, 0.717) is 13.1 Å². The maximum atomic E-state index is 12.2. The Morgan fingerprint density at radius 2 is 1.79 bits per heavy atom. The topological polar surface area (TPSA) is 48.0 Å². The number of likely N-dealkylation sites (tertiary alicyclic amines) is 1. The van der Waals surface area contributed by atoms with Gasteiger partial charge in [0.2, 0.25) is 0 Å². The van der Waals surface area contributed by atoms with Crippen LogP contribution in [0.4, 0.5) is 4.79 Å². The summed E-state index contributed by atoms with van der Waals surface area (Å²) in [4.78, 5) is 14.0. The van der Waals surface area contributed by atoms with Crippen molar-refractivity contribution < 1.29 is 18.8 Å². The van der Waals surface area contributed by atoms with Crippen LogP contribution in [0, 0.1) is 5.92 Å². The van der Waals surface area contributed by atoms with Crippen LogP contribution in [0.1, 0.15) is 61.8 Å². The van der Waals surface area contributed by atoms with Crippen LogP contribution in [-0.2, 0) is 14.0 Å². The molecule has 2 aliphatic rings. The van der Waals surface area contributed by atoms with Crippen molar-refractivity contribution in [3.63, 3.8) is 0 Å². The molecule has 0 aliphatic carbocycles. The van der Waals surface area contributed by atoms with E-state index in [1.807, 2.05) is 20.8 Å². The molecule has 0 aromatic rings. The smallest absolute Gasteiger partial charge is 0.444 e. The zero-order valence-electron chi connectivity index (χ0n) is 16.4. The highest BCUT2D eigenvalue weighted by Gasteiger charge is 2.50. The molecule has 2 aliphatic heterocycles. The Morgan fingerprint density at radius 1 is 1.25 bits per heavy atom. The molecule has 1 unspecified atom stereocenters. The normalized spacial score (nSPS) is 28.3. The van der Waals surface area contributed by atoms with E-state index >= 15 is 0 Å². The lowest BCUT2D eigenvalue weighted by molar-refractivity contribution is 0.00578. The molecular weight excluding hydrogens is 305 g/mol. The Hall–Kier alpha value is -1.01. The van der Waals surface area contributed by atoms with E-state index in [2.05, 4.69) is 40.6 Å². The van der Waals surface area contributed by atoms with Gasteiger partial charge in [-0.05, 0) is 60.8 Å². The Labute approximate surface area is 146 Å². The second-order valence-corrected chi connectivity index (χ2v) is 8.94. The number of hydrogen-bond donors (Lipinski definition) is 0. The largest absolute Gasteiger partial charge is 0.487 e. The highest BCUT2D eigenvalue weighted by Crippen LogP contribution is 2.38. The maximum Gasteiger partial charge on any atom is 0.487 e. The maximum absolute atomic E-state index is 12.2. The number of nitrogens with zero attached hydrogens (tertiary/aromatic N) is 1. The lowest BCUT2D eigenvalue weighted by Gasteiger charge is -2.34. The number of carbonyl (C=O) groups excluding carboxylic acids is 1. The van der Waals surface area contributed by atoms with E-state index in [4.69, 9.17) is 14.0 Å². The summed E-state index contributed by atoms with van der Waals surface area (Å²) < 4.78 is 17.6. The van der Waals surface area contributed by atoms with Crippen molar-refractivity contribution in [1.29, 1.82) is 0 Å². The van der Waals surface area contributed by atoms with Crippen LogP contribution in [0.3, 0.4) is 0 Å². The Balaban J connectivity index is 1.98. The SMILES string of the molecule is CC1CN(C(=O)OC(C)(C)C)CCC1=CB1OC(C)(C)C(C)(C)O1. The van der Waals surface area contributed by atoms with Crippen LogP contribution >= 0.6 is 0 Å². The van der Waals surface area contributed by atoms with Crippen molar-refractivity contribution in [2.45, 2.75) is 78.6 Å². The zero-order valence-corrected chi connectivity index (χ0v) is 16.4. The predicted molar refractivity (Wildman–Crippen MR) is 95.8 cm³/mol. The van der Waals surface area contributed by atoms with E-state index < -0.39 is 5.60 Å². The van der Waals surface area contributed by atoms with E-state index in [1.165, 1.54) is 5.57 Å². The third kappa shape index (κ3) is 4.34. The first-order valence-electron chi connectivity index (χ1n) is 8.85. The molecule has 5 nitrogen and oxygen atoms in total. The highest BCUT2D eigenvalue weighted by atomic mass is 16.7. The fourth-order valence-corrected chi connectivity index (χ4v) is 2.92. The summed E-state index contributed by atoms with van der Waals surface area (Å²) in [6.45, 7) is 17.4. The molecule has 1 atom stereocenters. The molecular formula is C18H32BNO4. The van der Waals surface area contributed by atoms with Crippen molar-refractivity contribution in [1.82, 2.24) is 4.90 Å². The van der Waals surface area contributed by atoms with Gasteiger partial charge in [-0.2, -0.15) is 0 Å². The fourth-order valence-electron chi connectivity index (χ4n) is 2.92. The standard InChI is InChI=1S/C18H32BNO4/c1-13-12-20(15(21)22-16(2,3)4)10-9-14(13)11-19-23-17(5,6)18(7,8)24-19/h11,13H,9-10,12H2,1-8H3. The van der Waals surface area contributed by atoms with Crippen molar-refractivity contribution in [2.75, 3.05) is 13.1 Å². The van der Waals surface area contributed by atoms with Crippen LogP contribution < -0.4 is 0 Å². The van der Waals surface area contributed by atoms with Gasteiger partial charge in [0.15, 0.2) is 0 Å². The molecule has 0 aromatic heterocycles. The van der Waals surface area contributed by atoms with Crippen LogP contribution in [0.15, 0.2) is 11.5 Å². The lowest BCUT2D eigenvalue weighted by atomic mass is 9.81. The van der Waals surface area contributed by atoms with Crippen LogP contribution in [0.25, 0.3) is 0 Å². The lowest BCUT2D eigenvalue weighted by Crippen LogP contribution is -2.43. The summed E-state index contributed by atoms with van der Waals surface area (Å²) >= 11 is 0. The highest BCUT2D eigenvalue weighted by molar-refractivity contribution is 6.51. The molecule has 2 fully saturated rings. The van der Waals surface area contributed by atoms with Gasteiger partial charge in [-0.15, -0.1) is 0 Å². The molecule has 2 heterocycles. The summed E-state index contributed by atoms with van der Waals surface area (Å²) in [6, 6.07) is 0. The predicted octanol–water partition coefficient (Wildman–Crippen LogP) is 3.82. The van der Waals surface area contributed by atoms with Gasteiger partial charge in [0.25, 0.3) is 0 Å². The molecule has 6 heteroatoms. The van der Waals surface area contributed by atoms with Crippen LogP contribution in [0.5, 0.6) is 0 Å². The van der Waals surface area contributed by atoms with Crippen molar-refractivity contribution >= 4 is 13.2 Å². The Morgan fingerprint density at radius 3 is 2.25 bits per heavy atom. The first-order valence-corrected chi connectivity index (χ1v) is 8.85. The van der Waals surface area contributed by atoms with Gasteiger partial charge in [0.05, 0.1) is 11.2 Å². The summed E-state index contributed by atoms with van der Waals surface area (Å²) in [5.41, 5.74) is 0.178. The van der Waals surface area contributed by atoms with Crippen molar-refractivity contribution in [3.8, 4) is 0 Å². The quantitative estimate of drug-likeness (QED) is 0.683. The van der Waals surface area contributed by atoms with Crippen molar-refractivity contribution in [3.05, 3.63) is 11.5 Å². The minimum Gasteiger partial charge on any atom is -0.444 e. The van der Waals surface area contributed by atoms with Gasteiger partial charge in [-0.1, -0.05) is 18.5 Å². The van der Waals surface area contributed by atoms with Gasteiger partial charge in [-0.3, -0.25) is 0 Å². The third-order valence-electron chi connectivity index (χ3n) is 5.07. The summed E-state index contributed by atoms with van der Waals surface area (Å²) in [5.74, 6) is 2.36. The average molecular weight is 337 g/mol. The first-order chi connectivity index (χ1) is 10.8. The second-order valence-electron chi connectivity index (χ2n) is 8.94. The van der Waals surface area contributed by atoms with Gasteiger partial charge in [0, 0.05) is 13.1 Å². The molecule has 0 bridgehead atoms.